The summed E-state index contributed by atoms with van der Waals surface area (Å²) in [6, 6.07) is 9.64. The van der Waals surface area contributed by atoms with Gasteiger partial charge in [-0.1, -0.05) is 18.2 Å². The van der Waals surface area contributed by atoms with Gasteiger partial charge in [0.05, 0.1) is 6.54 Å². The van der Waals surface area contributed by atoms with Gasteiger partial charge in [0.2, 0.25) is 5.96 Å². The van der Waals surface area contributed by atoms with Crippen molar-refractivity contribution >= 4 is 5.96 Å². The zero-order chi connectivity index (χ0) is 10.9. The average Bonchev–Trinajstić information content (AvgIpc) is 2.31. The number of nitrogens with two attached hydrogens (primary N) is 1. The van der Waals surface area contributed by atoms with Crippen molar-refractivity contribution in [3.63, 3.8) is 0 Å². The Morgan fingerprint density at radius 1 is 1.40 bits per heavy atom. The van der Waals surface area contributed by atoms with Crippen LogP contribution in [-0.4, -0.2) is 26.2 Å². The SMILES string of the molecule is CN=C(NN)NCCOc1ccccc1. The molecular weight excluding hydrogens is 192 g/mol. The molecule has 5 nitrogen and oxygen atoms in total. The van der Waals surface area contributed by atoms with Crippen molar-refractivity contribution in [1.82, 2.24) is 10.7 Å². The molecule has 1 rings (SSSR count). The van der Waals surface area contributed by atoms with Gasteiger partial charge in [-0.2, -0.15) is 0 Å². The van der Waals surface area contributed by atoms with Gasteiger partial charge < -0.3 is 10.1 Å². The molecule has 0 fully saturated rings. The summed E-state index contributed by atoms with van der Waals surface area (Å²) < 4.78 is 5.46. The first-order valence-corrected chi connectivity index (χ1v) is 4.72. The number of para-hydroxylation sites is 1. The van der Waals surface area contributed by atoms with Crippen LogP contribution in [0.5, 0.6) is 5.75 Å². The summed E-state index contributed by atoms with van der Waals surface area (Å²) in [4.78, 5) is 3.86. The Bertz CT molecular complexity index is 300. The zero-order valence-electron chi connectivity index (χ0n) is 8.73. The largest absolute Gasteiger partial charge is 0.492 e. The maximum absolute atomic E-state index is 5.46. The first-order chi connectivity index (χ1) is 7.36. The van der Waals surface area contributed by atoms with E-state index in [0.717, 1.165) is 5.75 Å². The smallest absolute Gasteiger partial charge is 0.205 e. The Morgan fingerprint density at radius 2 is 2.13 bits per heavy atom. The predicted octanol–water partition coefficient (Wildman–Crippen LogP) is 0.104. The summed E-state index contributed by atoms with van der Waals surface area (Å²) >= 11 is 0. The van der Waals surface area contributed by atoms with Gasteiger partial charge in [0.15, 0.2) is 0 Å². The van der Waals surface area contributed by atoms with Crippen molar-refractivity contribution in [1.29, 1.82) is 0 Å². The third-order valence-electron chi connectivity index (χ3n) is 1.77. The Labute approximate surface area is 89.3 Å². The minimum atomic E-state index is 0.548. The molecule has 0 saturated carbocycles. The number of guanidine groups is 1. The summed E-state index contributed by atoms with van der Waals surface area (Å²) in [5.74, 6) is 6.60. The molecule has 5 heteroatoms. The van der Waals surface area contributed by atoms with E-state index in [1.165, 1.54) is 0 Å². The maximum atomic E-state index is 5.46. The van der Waals surface area contributed by atoms with E-state index in [-0.39, 0.29) is 0 Å². The third kappa shape index (κ3) is 4.33. The van der Waals surface area contributed by atoms with Crippen molar-refractivity contribution < 1.29 is 4.74 Å². The molecule has 0 aromatic heterocycles. The second-order valence-electron chi connectivity index (χ2n) is 2.80. The lowest BCUT2D eigenvalue weighted by Crippen LogP contribution is -2.42. The highest BCUT2D eigenvalue weighted by Crippen LogP contribution is 2.07. The van der Waals surface area contributed by atoms with E-state index in [1.807, 2.05) is 30.3 Å². The molecule has 0 amide bonds. The second kappa shape index (κ2) is 6.67. The highest BCUT2D eigenvalue weighted by atomic mass is 16.5. The number of ether oxygens (including phenoxy) is 1. The first kappa shape index (κ1) is 11.3. The number of nitrogens with one attached hydrogen (secondary N) is 2. The fourth-order valence-electron chi connectivity index (χ4n) is 1.05. The summed E-state index contributed by atoms with van der Waals surface area (Å²) in [6.45, 7) is 1.20. The van der Waals surface area contributed by atoms with Crippen molar-refractivity contribution in [2.75, 3.05) is 20.2 Å². The zero-order valence-corrected chi connectivity index (χ0v) is 8.73. The average molecular weight is 208 g/mol. The maximum Gasteiger partial charge on any atom is 0.205 e. The number of aliphatic imine (C=N–C) groups is 1. The van der Waals surface area contributed by atoms with E-state index in [2.05, 4.69) is 15.7 Å². The van der Waals surface area contributed by atoms with Gasteiger partial charge in [-0.05, 0) is 12.1 Å². The van der Waals surface area contributed by atoms with Crippen molar-refractivity contribution in [3.8, 4) is 5.75 Å². The van der Waals surface area contributed by atoms with Crippen LogP contribution in [0.25, 0.3) is 0 Å². The van der Waals surface area contributed by atoms with Crippen molar-refractivity contribution in [2.24, 2.45) is 10.8 Å². The lowest BCUT2D eigenvalue weighted by molar-refractivity contribution is 0.322. The van der Waals surface area contributed by atoms with Crippen LogP contribution in [0.4, 0.5) is 0 Å². The Hall–Kier alpha value is -1.75. The third-order valence-corrected chi connectivity index (χ3v) is 1.77. The number of hydrogen-bond donors (Lipinski definition) is 3. The van der Waals surface area contributed by atoms with Gasteiger partial charge in [-0.25, -0.2) is 5.84 Å². The molecule has 4 N–H and O–H groups in total. The monoisotopic (exact) mass is 208 g/mol. The number of rotatable bonds is 4. The van der Waals surface area contributed by atoms with Gasteiger partial charge in [0.1, 0.15) is 12.4 Å². The molecule has 0 atom stereocenters. The molecule has 0 radical (unpaired) electrons. The molecule has 0 aliphatic heterocycles. The van der Waals surface area contributed by atoms with Crippen LogP contribution in [0.3, 0.4) is 0 Å². The molecule has 0 aliphatic rings. The van der Waals surface area contributed by atoms with Gasteiger partial charge in [-0.15, -0.1) is 0 Å². The fraction of sp³-hybridized carbons (Fsp3) is 0.300. The molecule has 0 spiro atoms. The Balaban J connectivity index is 2.17. The van der Waals surface area contributed by atoms with Crippen LogP contribution in [0.1, 0.15) is 0 Å². The lowest BCUT2D eigenvalue weighted by Gasteiger charge is -2.09. The van der Waals surface area contributed by atoms with Gasteiger partial charge >= 0.3 is 0 Å². The number of hydrazine groups is 1. The quantitative estimate of drug-likeness (QED) is 0.216. The van der Waals surface area contributed by atoms with E-state index in [4.69, 9.17) is 10.6 Å². The lowest BCUT2D eigenvalue weighted by atomic mass is 10.3. The minimum Gasteiger partial charge on any atom is -0.492 e. The Kier molecular flexibility index (Phi) is 5.03. The molecule has 1 aromatic rings. The van der Waals surface area contributed by atoms with Crippen LogP contribution in [-0.2, 0) is 0 Å². The molecule has 82 valence electrons. The molecule has 1 aromatic carbocycles. The van der Waals surface area contributed by atoms with Crippen molar-refractivity contribution in [3.05, 3.63) is 30.3 Å². The van der Waals surface area contributed by atoms with Gasteiger partial charge in [0, 0.05) is 7.05 Å². The molecule has 15 heavy (non-hydrogen) atoms. The van der Waals surface area contributed by atoms with E-state index in [9.17, 15) is 0 Å². The summed E-state index contributed by atoms with van der Waals surface area (Å²) in [7, 11) is 1.65. The second-order valence-corrected chi connectivity index (χ2v) is 2.80. The number of hydrogen-bond acceptors (Lipinski definition) is 3. The fourth-order valence-corrected chi connectivity index (χ4v) is 1.05. The van der Waals surface area contributed by atoms with E-state index >= 15 is 0 Å². The summed E-state index contributed by atoms with van der Waals surface area (Å²) in [5.41, 5.74) is 2.43. The highest BCUT2D eigenvalue weighted by Gasteiger charge is 1.93. The van der Waals surface area contributed by atoms with E-state index in [1.54, 1.807) is 7.05 Å². The minimum absolute atomic E-state index is 0.548. The van der Waals surface area contributed by atoms with Crippen LogP contribution in [0.15, 0.2) is 35.3 Å². The molecule has 0 saturated heterocycles. The van der Waals surface area contributed by atoms with Crippen molar-refractivity contribution in [2.45, 2.75) is 0 Å². The molecule has 0 unspecified atom stereocenters. The number of benzene rings is 1. The van der Waals surface area contributed by atoms with Crippen LogP contribution >= 0.6 is 0 Å². The molecule has 0 heterocycles. The number of nitrogens with zero attached hydrogens (tertiary/aromatic N) is 1. The van der Waals surface area contributed by atoms with E-state index in [0.29, 0.717) is 19.1 Å². The van der Waals surface area contributed by atoms with Gasteiger partial charge in [-0.3, -0.25) is 10.4 Å². The normalized spacial score (nSPS) is 10.9. The highest BCUT2D eigenvalue weighted by molar-refractivity contribution is 5.78. The first-order valence-electron chi connectivity index (χ1n) is 4.72. The topological polar surface area (TPSA) is 71.7 Å². The summed E-state index contributed by atoms with van der Waals surface area (Å²) in [5, 5.41) is 2.98. The summed E-state index contributed by atoms with van der Waals surface area (Å²) in [6.07, 6.45) is 0. The van der Waals surface area contributed by atoms with E-state index < -0.39 is 0 Å². The standard InChI is InChI=1S/C10H16N4O/c1-12-10(14-11)13-7-8-15-9-5-3-2-4-6-9/h2-6H,7-8,11H2,1H3,(H2,12,13,14). The van der Waals surface area contributed by atoms with Crippen LogP contribution in [0.2, 0.25) is 0 Å². The van der Waals surface area contributed by atoms with Crippen LogP contribution in [0, 0.1) is 0 Å². The van der Waals surface area contributed by atoms with Gasteiger partial charge in [0.25, 0.3) is 0 Å². The molecular formula is C10H16N4O. The predicted molar refractivity (Wildman–Crippen MR) is 60.6 cm³/mol. The molecule has 0 aliphatic carbocycles. The van der Waals surface area contributed by atoms with Crippen LogP contribution < -0.4 is 21.3 Å². The Morgan fingerprint density at radius 3 is 2.73 bits per heavy atom. The molecule has 0 bridgehead atoms.